The van der Waals surface area contributed by atoms with Gasteiger partial charge in [-0.05, 0) is 37.1 Å². The van der Waals surface area contributed by atoms with E-state index in [0.29, 0.717) is 6.54 Å². The van der Waals surface area contributed by atoms with E-state index in [2.05, 4.69) is 40.7 Å². The van der Waals surface area contributed by atoms with Crippen molar-refractivity contribution >= 4 is 31.9 Å². The minimum Gasteiger partial charge on any atom is -0.349 e. The number of carbonyl (C=O) groups is 1. The van der Waals surface area contributed by atoms with Crippen LogP contribution in [0, 0.1) is 0 Å². The van der Waals surface area contributed by atoms with Crippen molar-refractivity contribution < 1.29 is 13.2 Å². The quantitative estimate of drug-likeness (QED) is 0.661. The van der Waals surface area contributed by atoms with Gasteiger partial charge in [-0.2, -0.15) is 0 Å². The standard InChI is InChI=1S/C17H22BrN5O3S/c18-13-5-7-14(8-6-13)27(25,26)20-10-9-17(24)19-12-16-22-21-15-4-2-1-3-11-23(15)16/h5-8,20H,1-4,9-12H2,(H,19,24). The monoisotopic (exact) mass is 455 g/mol. The van der Waals surface area contributed by atoms with Gasteiger partial charge in [0.2, 0.25) is 15.9 Å². The van der Waals surface area contributed by atoms with Crippen LogP contribution in [0.5, 0.6) is 0 Å². The third-order valence-corrected chi connectivity index (χ3v) is 6.40. The Labute approximate surface area is 166 Å². The van der Waals surface area contributed by atoms with Crippen molar-refractivity contribution in [3.8, 4) is 0 Å². The van der Waals surface area contributed by atoms with Crippen LogP contribution in [0.25, 0.3) is 0 Å². The SMILES string of the molecule is O=C(CCNS(=O)(=O)c1ccc(Br)cc1)NCc1nnc2n1CCCCC2. The van der Waals surface area contributed by atoms with Crippen LogP contribution in [0.1, 0.15) is 37.3 Å². The molecular weight excluding hydrogens is 434 g/mol. The molecule has 1 aliphatic heterocycles. The van der Waals surface area contributed by atoms with Crippen molar-refractivity contribution in [2.24, 2.45) is 0 Å². The molecule has 0 atom stereocenters. The highest BCUT2D eigenvalue weighted by molar-refractivity contribution is 9.10. The first-order chi connectivity index (χ1) is 13.0. The summed E-state index contributed by atoms with van der Waals surface area (Å²) in [6.07, 6.45) is 4.34. The Morgan fingerprint density at radius 2 is 1.93 bits per heavy atom. The van der Waals surface area contributed by atoms with Gasteiger partial charge < -0.3 is 9.88 Å². The number of amides is 1. The Kier molecular flexibility index (Phi) is 6.61. The second-order valence-corrected chi connectivity index (χ2v) is 9.06. The van der Waals surface area contributed by atoms with E-state index in [4.69, 9.17) is 0 Å². The lowest BCUT2D eigenvalue weighted by Gasteiger charge is -2.09. The molecule has 1 aromatic carbocycles. The Balaban J connectivity index is 1.46. The molecule has 1 aliphatic rings. The van der Waals surface area contributed by atoms with E-state index in [1.807, 2.05) is 0 Å². The molecule has 0 bridgehead atoms. The van der Waals surface area contributed by atoms with E-state index in [0.717, 1.165) is 41.9 Å². The molecule has 0 unspecified atom stereocenters. The molecule has 0 radical (unpaired) electrons. The van der Waals surface area contributed by atoms with Crippen molar-refractivity contribution in [3.05, 3.63) is 40.4 Å². The number of sulfonamides is 1. The van der Waals surface area contributed by atoms with Crippen LogP contribution in [0.4, 0.5) is 0 Å². The van der Waals surface area contributed by atoms with Crippen LogP contribution < -0.4 is 10.0 Å². The predicted octanol–water partition coefficient (Wildman–Crippen LogP) is 1.75. The molecule has 0 saturated heterocycles. The molecule has 0 saturated carbocycles. The molecule has 2 aromatic rings. The van der Waals surface area contributed by atoms with Crippen LogP contribution in [0.2, 0.25) is 0 Å². The van der Waals surface area contributed by atoms with Gasteiger partial charge in [0.15, 0.2) is 5.82 Å². The van der Waals surface area contributed by atoms with E-state index in [1.165, 1.54) is 18.6 Å². The third-order valence-electron chi connectivity index (χ3n) is 4.40. The Hall–Kier alpha value is -1.78. The summed E-state index contributed by atoms with van der Waals surface area (Å²) in [6.45, 7) is 1.20. The van der Waals surface area contributed by atoms with E-state index in [-0.39, 0.29) is 23.8 Å². The number of hydrogen-bond donors (Lipinski definition) is 2. The summed E-state index contributed by atoms with van der Waals surface area (Å²) in [6, 6.07) is 6.32. The number of aromatic nitrogens is 3. The summed E-state index contributed by atoms with van der Waals surface area (Å²) in [5, 5.41) is 11.1. The predicted molar refractivity (Wildman–Crippen MR) is 103 cm³/mol. The van der Waals surface area contributed by atoms with Gasteiger partial charge in [-0.3, -0.25) is 4.79 Å². The van der Waals surface area contributed by atoms with Gasteiger partial charge in [0.25, 0.3) is 0 Å². The number of fused-ring (bicyclic) bond motifs is 1. The van der Waals surface area contributed by atoms with E-state index in [1.54, 1.807) is 12.1 Å². The van der Waals surface area contributed by atoms with Crippen molar-refractivity contribution in [3.63, 3.8) is 0 Å². The smallest absolute Gasteiger partial charge is 0.240 e. The zero-order chi connectivity index (χ0) is 19.3. The highest BCUT2D eigenvalue weighted by Crippen LogP contribution is 2.15. The summed E-state index contributed by atoms with van der Waals surface area (Å²) in [7, 11) is -3.62. The lowest BCUT2D eigenvalue weighted by Crippen LogP contribution is -2.31. The van der Waals surface area contributed by atoms with Crippen LogP contribution in [0.3, 0.4) is 0 Å². The minimum absolute atomic E-state index is 0.0299. The average Bonchev–Trinajstić information content (AvgIpc) is 2.86. The molecule has 10 heteroatoms. The molecule has 146 valence electrons. The van der Waals surface area contributed by atoms with Gasteiger partial charge in [-0.1, -0.05) is 22.4 Å². The second-order valence-electron chi connectivity index (χ2n) is 6.37. The largest absolute Gasteiger partial charge is 0.349 e. The van der Waals surface area contributed by atoms with E-state index < -0.39 is 10.0 Å². The molecule has 3 rings (SSSR count). The molecule has 2 N–H and O–H groups in total. The van der Waals surface area contributed by atoms with Crippen LogP contribution in [-0.4, -0.2) is 35.6 Å². The molecule has 1 aromatic heterocycles. The number of aryl methyl sites for hydroxylation is 1. The first-order valence-electron chi connectivity index (χ1n) is 8.88. The summed E-state index contributed by atoms with van der Waals surface area (Å²) < 4.78 is 29.7. The van der Waals surface area contributed by atoms with Crippen molar-refractivity contribution in [1.29, 1.82) is 0 Å². The zero-order valence-electron chi connectivity index (χ0n) is 14.8. The first-order valence-corrected chi connectivity index (χ1v) is 11.2. The molecular formula is C17H22BrN5O3S. The number of carbonyl (C=O) groups excluding carboxylic acids is 1. The maximum atomic E-state index is 12.2. The maximum Gasteiger partial charge on any atom is 0.240 e. The molecule has 2 heterocycles. The van der Waals surface area contributed by atoms with E-state index >= 15 is 0 Å². The second kappa shape index (κ2) is 8.94. The van der Waals surface area contributed by atoms with Gasteiger partial charge in [0, 0.05) is 30.4 Å². The molecule has 0 spiro atoms. The van der Waals surface area contributed by atoms with Crippen molar-refractivity contribution in [2.75, 3.05) is 6.54 Å². The summed E-state index contributed by atoms with van der Waals surface area (Å²) in [5.74, 6) is 1.48. The number of nitrogens with zero attached hydrogens (tertiary/aromatic N) is 3. The van der Waals surface area contributed by atoms with Gasteiger partial charge in [-0.15, -0.1) is 10.2 Å². The number of hydrogen-bond acceptors (Lipinski definition) is 5. The maximum absolute atomic E-state index is 12.2. The first kappa shape index (κ1) is 20.0. The summed E-state index contributed by atoms with van der Waals surface area (Å²) in [4.78, 5) is 12.2. The Bertz CT molecular complexity index is 896. The molecule has 8 nitrogen and oxygen atoms in total. The lowest BCUT2D eigenvalue weighted by atomic mass is 10.2. The molecule has 0 aliphatic carbocycles. The van der Waals surface area contributed by atoms with Gasteiger partial charge in [0.05, 0.1) is 11.4 Å². The number of benzene rings is 1. The fourth-order valence-corrected chi connectivity index (χ4v) is 4.23. The normalized spacial score (nSPS) is 14.4. The lowest BCUT2D eigenvalue weighted by molar-refractivity contribution is -0.121. The van der Waals surface area contributed by atoms with E-state index in [9.17, 15) is 13.2 Å². The minimum atomic E-state index is -3.62. The van der Waals surface area contributed by atoms with Gasteiger partial charge >= 0.3 is 0 Å². The summed E-state index contributed by atoms with van der Waals surface area (Å²) >= 11 is 3.27. The Morgan fingerprint density at radius 3 is 2.70 bits per heavy atom. The summed E-state index contributed by atoms with van der Waals surface area (Å²) in [5.41, 5.74) is 0. The highest BCUT2D eigenvalue weighted by Gasteiger charge is 2.16. The average molecular weight is 456 g/mol. The van der Waals surface area contributed by atoms with Gasteiger partial charge in [-0.25, -0.2) is 13.1 Å². The van der Waals surface area contributed by atoms with Crippen LogP contribution in [-0.2, 0) is 34.3 Å². The fourth-order valence-electron chi connectivity index (χ4n) is 2.94. The number of rotatable bonds is 7. The molecule has 27 heavy (non-hydrogen) atoms. The topological polar surface area (TPSA) is 106 Å². The fraction of sp³-hybridized carbons (Fsp3) is 0.471. The van der Waals surface area contributed by atoms with Crippen LogP contribution >= 0.6 is 15.9 Å². The van der Waals surface area contributed by atoms with Crippen molar-refractivity contribution in [1.82, 2.24) is 24.8 Å². The Morgan fingerprint density at radius 1 is 1.15 bits per heavy atom. The molecule has 1 amide bonds. The van der Waals surface area contributed by atoms with Crippen molar-refractivity contribution in [2.45, 2.75) is 50.1 Å². The third kappa shape index (κ3) is 5.36. The zero-order valence-corrected chi connectivity index (χ0v) is 17.2. The van der Waals surface area contributed by atoms with Crippen LogP contribution in [0.15, 0.2) is 33.6 Å². The highest BCUT2D eigenvalue weighted by atomic mass is 79.9. The molecule has 0 fully saturated rings. The van der Waals surface area contributed by atoms with Gasteiger partial charge in [0.1, 0.15) is 5.82 Å². The number of nitrogens with one attached hydrogen (secondary N) is 2. The number of halogens is 1.